The van der Waals surface area contributed by atoms with Gasteiger partial charge in [-0.1, -0.05) is 50.6 Å². The Labute approximate surface area is 201 Å². The fourth-order valence-corrected chi connectivity index (χ4v) is 5.01. The number of fused-ring (bicyclic) bond motifs is 3. The van der Waals surface area contributed by atoms with E-state index in [1.165, 1.54) is 22.4 Å². The zero-order valence-electron chi connectivity index (χ0n) is 20.5. The molecule has 0 saturated heterocycles. The van der Waals surface area contributed by atoms with Gasteiger partial charge in [-0.3, -0.25) is 4.57 Å². The molecule has 174 valence electrons. The van der Waals surface area contributed by atoms with Crippen LogP contribution in [-0.2, 0) is 11.3 Å². The van der Waals surface area contributed by atoms with Crippen molar-refractivity contribution in [2.75, 3.05) is 0 Å². The van der Waals surface area contributed by atoms with Gasteiger partial charge in [-0.25, -0.2) is 4.98 Å². The average Bonchev–Trinajstić information content (AvgIpc) is 3.46. The first kappa shape index (κ1) is 22.4. The van der Waals surface area contributed by atoms with Crippen LogP contribution in [0.3, 0.4) is 0 Å². The predicted octanol–water partition coefficient (Wildman–Crippen LogP) is 8.15. The maximum Gasteiger partial charge on any atom is 0.144 e. The first-order valence-electron chi connectivity index (χ1n) is 12.3. The quantitative estimate of drug-likeness (QED) is 0.238. The van der Waals surface area contributed by atoms with E-state index in [1.54, 1.807) is 0 Å². The van der Waals surface area contributed by atoms with Gasteiger partial charge in [0.05, 0.1) is 18.4 Å². The third-order valence-electron chi connectivity index (χ3n) is 6.62. The van der Waals surface area contributed by atoms with Crippen molar-refractivity contribution >= 4 is 21.9 Å². The van der Waals surface area contributed by atoms with E-state index in [9.17, 15) is 0 Å². The summed E-state index contributed by atoms with van der Waals surface area (Å²) in [5, 5.41) is 2.24. The molecule has 34 heavy (non-hydrogen) atoms. The highest BCUT2D eigenvalue weighted by atomic mass is 16.5. The summed E-state index contributed by atoms with van der Waals surface area (Å²) in [6, 6.07) is 19.0. The summed E-state index contributed by atoms with van der Waals surface area (Å²) in [5.74, 6) is 0.927. The Morgan fingerprint density at radius 3 is 2.47 bits per heavy atom. The highest BCUT2D eigenvalue weighted by molar-refractivity contribution is 6.06. The lowest BCUT2D eigenvalue weighted by Crippen LogP contribution is -2.11. The summed E-state index contributed by atoms with van der Waals surface area (Å²) in [6.45, 7) is 9.41. The highest BCUT2D eigenvalue weighted by Gasteiger charge is 2.16. The molecule has 0 fully saturated rings. The van der Waals surface area contributed by atoms with Crippen molar-refractivity contribution in [1.82, 2.24) is 9.55 Å². The van der Waals surface area contributed by atoms with Gasteiger partial charge in [0, 0.05) is 28.7 Å². The number of benzene rings is 3. The van der Waals surface area contributed by atoms with Crippen LogP contribution in [0.1, 0.15) is 49.8 Å². The van der Waals surface area contributed by atoms with Gasteiger partial charge in [0.2, 0.25) is 0 Å². The average molecular weight is 453 g/mol. The van der Waals surface area contributed by atoms with Gasteiger partial charge in [0.25, 0.3) is 0 Å². The molecule has 4 heteroatoms. The number of rotatable bonds is 8. The van der Waals surface area contributed by atoms with Crippen LogP contribution in [0.25, 0.3) is 39.0 Å². The summed E-state index contributed by atoms with van der Waals surface area (Å²) in [4.78, 5) is 4.74. The number of ether oxygens (including phenoxy) is 1. The van der Waals surface area contributed by atoms with Gasteiger partial charge in [-0.15, -0.1) is 0 Å². The minimum Gasteiger partial charge on any atom is -0.456 e. The molecule has 0 aliphatic carbocycles. The van der Waals surface area contributed by atoms with Gasteiger partial charge >= 0.3 is 0 Å². The van der Waals surface area contributed by atoms with E-state index in [0.29, 0.717) is 12.7 Å². The molecule has 0 aliphatic rings. The maximum absolute atomic E-state index is 6.19. The zero-order chi connectivity index (χ0) is 23.7. The van der Waals surface area contributed by atoms with Gasteiger partial charge in [0.15, 0.2) is 0 Å². The van der Waals surface area contributed by atoms with Crippen LogP contribution in [0.15, 0.2) is 71.4 Å². The lowest BCUT2D eigenvalue weighted by molar-refractivity contribution is 0.0321. The van der Waals surface area contributed by atoms with E-state index in [2.05, 4.69) is 62.6 Å². The second-order valence-corrected chi connectivity index (χ2v) is 9.14. The van der Waals surface area contributed by atoms with Crippen LogP contribution in [0, 0.1) is 13.8 Å². The number of nitrogens with zero attached hydrogens (tertiary/aromatic N) is 2. The minimum absolute atomic E-state index is 0.333. The van der Waals surface area contributed by atoms with Gasteiger partial charge in [0.1, 0.15) is 17.0 Å². The normalized spacial score (nSPS) is 12.6. The number of imidazole rings is 1. The van der Waals surface area contributed by atoms with Crippen molar-refractivity contribution in [2.24, 2.45) is 0 Å². The molecule has 0 saturated carbocycles. The van der Waals surface area contributed by atoms with Crippen molar-refractivity contribution in [3.8, 4) is 17.1 Å². The third kappa shape index (κ3) is 4.14. The number of hydrogen-bond donors (Lipinski definition) is 0. The van der Waals surface area contributed by atoms with Crippen molar-refractivity contribution < 1.29 is 9.15 Å². The molecule has 0 N–H and O–H groups in total. The summed E-state index contributed by atoms with van der Waals surface area (Å²) < 4.78 is 14.4. The number of hydrogen-bond acceptors (Lipinski definition) is 3. The van der Waals surface area contributed by atoms with Crippen molar-refractivity contribution in [2.45, 2.75) is 59.7 Å². The van der Waals surface area contributed by atoms with Gasteiger partial charge in [-0.05, 0) is 67.6 Å². The second-order valence-electron chi connectivity index (χ2n) is 9.14. The largest absolute Gasteiger partial charge is 0.456 e. The molecular formula is C30H32N2O2. The molecule has 5 rings (SSSR count). The van der Waals surface area contributed by atoms with E-state index < -0.39 is 0 Å². The smallest absolute Gasteiger partial charge is 0.144 e. The Bertz CT molecular complexity index is 1420. The Morgan fingerprint density at radius 1 is 0.941 bits per heavy atom. The Hall–Kier alpha value is -3.37. The SMILES string of the molecule is CCCC(CC)OCc1cc(C)c(-n2ccnc2-c2ccc3oc4ccccc4c3c2)c(C)c1. The molecule has 0 radical (unpaired) electrons. The standard InChI is InChI=1S/C30H32N2O2/c1-5-9-24(6-2)33-19-22-16-20(3)29(21(4)17-22)32-15-14-31-30(32)23-12-13-28-26(18-23)25-10-7-8-11-27(25)34-28/h7-8,10-18,24H,5-6,9,19H2,1-4H3. The van der Waals surface area contributed by atoms with Crippen molar-refractivity contribution in [3.05, 3.63) is 83.7 Å². The number of aryl methyl sites for hydroxylation is 2. The Kier molecular flexibility index (Phi) is 6.25. The molecule has 4 nitrogen and oxygen atoms in total. The summed E-state index contributed by atoms with van der Waals surface area (Å²) in [7, 11) is 0. The molecule has 0 spiro atoms. The summed E-state index contributed by atoms with van der Waals surface area (Å²) >= 11 is 0. The molecule has 0 bridgehead atoms. The number of furan rings is 1. The molecule has 0 aliphatic heterocycles. The number of aromatic nitrogens is 2. The molecule has 5 aromatic rings. The topological polar surface area (TPSA) is 40.2 Å². The molecule has 1 unspecified atom stereocenters. The van der Waals surface area contributed by atoms with E-state index in [-0.39, 0.29) is 0 Å². The van der Waals surface area contributed by atoms with Gasteiger partial charge in [-0.2, -0.15) is 0 Å². The molecular weight excluding hydrogens is 420 g/mol. The Morgan fingerprint density at radius 2 is 1.71 bits per heavy atom. The first-order valence-corrected chi connectivity index (χ1v) is 12.3. The van der Waals surface area contributed by atoms with Crippen LogP contribution >= 0.6 is 0 Å². The Balaban J connectivity index is 1.50. The maximum atomic E-state index is 6.19. The lowest BCUT2D eigenvalue weighted by Gasteiger charge is -2.18. The van der Waals surface area contributed by atoms with Crippen LogP contribution in [0.5, 0.6) is 0 Å². The van der Waals surface area contributed by atoms with E-state index in [4.69, 9.17) is 14.1 Å². The van der Waals surface area contributed by atoms with E-state index in [1.807, 2.05) is 36.7 Å². The third-order valence-corrected chi connectivity index (χ3v) is 6.62. The molecule has 3 aromatic carbocycles. The van der Waals surface area contributed by atoms with Crippen molar-refractivity contribution in [1.29, 1.82) is 0 Å². The second kappa shape index (κ2) is 9.47. The minimum atomic E-state index is 0.333. The van der Waals surface area contributed by atoms with E-state index >= 15 is 0 Å². The van der Waals surface area contributed by atoms with Crippen LogP contribution in [0.2, 0.25) is 0 Å². The highest BCUT2D eigenvalue weighted by Crippen LogP contribution is 2.33. The zero-order valence-corrected chi connectivity index (χ0v) is 20.5. The fourth-order valence-electron chi connectivity index (χ4n) is 5.01. The number of para-hydroxylation sites is 1. The van der Waals surface area contributed by atoms with Gasteiger partial charge < -0.3 is 9.15 Å². The van der Waals surface area contributed by atoms with Crippen LogP contribution in [-0.4, -0.2) is 15.7 Å². The summed E-state index contributed by atoms with van der Waals surface area (Å²) in [6.07, 6.45) is 7.57. The summed E-state index contributed by atoms with van der Waals surface area (Å²) in [5.41, 5.74) is 7.71. The molecule has 2 heterocycles. The molecule has 2 aromatic heterocycles. The van der Waals surface area contributed by atoms with E-state index in [0.717, 1.165) is 52.6 Å². The lowest BCUT2D eigenvalue weighted by atomic mass is 10.0. The first-order chi connectivity index (χ1) is 16.6. The molecule has 1 atom stereocenters. The predicted molar refractivity (Wildman–Crippen MR) is 140 cm³/mol. The molecule has 0 amide bonds. The van der Waals surface area contributed by atoms with Crippen LogP contribution in [0.4, 0.5) is 0 Å². The monoisotopic (exact) mass is 452 g/mol. The fraction of sp³-hybridized carbons (Fsp3) is 0.300. The van der Waals surface area contributed by atoms with Crippen LogP contribution < -0.4 is 0 Å². The van der Waals surface area contributed by atoms with Crippen molar-refractivity contribution in [3.63, 3.8) is 0 Å².